The molecule has 9 heteroatoms. The highest BCUT2D eigenvalue weighted by atomic mass is 19.1. The largest absolute Gasteiger partial charge is 0.436 e. The fourth-order valence-corrected chi connectivity index (χ4v) is 3.46. The molecule has 1 amide bonds. The minimum Gasteiger partial charge on any atom is -0.436 e. The summed E-state index contributed by atoms with van der Waals surface area (Å²) in [6, 6.07) is 20.4. The lowest BCUT2D eigenvalue weighted by Gasteiger charge is -2.09. The third-order valence-electron chi connectivity index (χ3n) is 5.05. The molecule has 33 heavy (non-hydrogen) atoms. The number of hydrogen-bond donors (Lipinski definition) is 1. The van der Waals surface area contributed by atoms with Crippen LogP contribution in [0.2, 0.25) is 0 Å². The molecule has 2 aromatic heterocycles. The van der Waals surface area contributed by atoms with Crippen molar-refractivity contribution < 1.29 is 13.6 Å². The van der Waals surface area contributed by atoms with Gasteiger partial charge in [0, 0.05) is 23.9 Å². The molecule has 8 nitrogen and oxygen atoms in total. The fourth-order valence-electron chi connectivity index (χ4n) is 3.46. The average Bonchev–Trinajstić information content (AvgIpc) is 3.49. The van der Waals surface area contributed by atoms with E-state index in [1.807, 2.05) is 6.07 Å². The minimum atomic E-state index is -0.413. The Morgan fingerprint density at radius 2 is 1.79 bits per heavy atom. The Morgan fingerprint density at radius 3 is 2.58 bits per heavy atom. The number of carbonyl (C=O) groups is 1. The predicted octanol–water partition coefficient (Wildman–Crippen LogP) is 4.59. The Balaban J connectivity index is 1.44. The molecule has 0 radical (unpaired) electrons. The number of aryl methyl sites for hydroxylation is 1. The van der Waals surface area contributed by atoms with Gasteiger partial charge in [0.1, 0.15) is 5.82 Å². The first kappa shape index (κ1) is 20.3. The maximum Gasteiger partial charge on any atom is 0.256 e. The normalized spacial score (nSPS) is 10.8. The van der Waals surface area contributed by atoms with Crippen molar-refractivity contribution in [1.82, 2.24) is 25.2 Å². The Bertz CT molecular complexity index is 1460. The first-order chi connectivity index (χ1) is 16.1. The molecule has 0 bridgehead atoms. The lowest BCUT2D eigenvalue weighted by molar-refractivity contribution is 0.102. The number of amides is 1. The molecule has 0 unspecified atom stereocenters. The van der Waals surface area contributed by atoms with Crippen molar-refractivity contribution in [3.8, 4) is 34.2 Å². The van der Waals surface area contributed by atoms with Crippen molar-refractivity contribution in [3.63, 3.8) is 0 Å². The number of nitrogens with one attached hydrogen (secondary N) is 1. The summed E-state index contributed by atoms with van der Waals surface area (Å²) in [4.78, 5) is 17.4. The van der Waals surface area contributed by atoms with Crippen molar-refractivity contribution in [2.45, 2.75) is 0 Å². The number of rotatable bonds is 5. The summed E-state index contributed by atoms with van der Waals surface area (Å²) >= 11 is 0. The molecule has 0 atom stereocenters. The van der Waals surface area contributed by atoms with Crippen LogP contribution in [0.1, 0.15) is 10.4 Å². The fraction of sp³-hybridized carbons (Fsp3) is 0.0417. The zero-order valence-corrected chi connectivity index (χ0v) is 17.4. The van der Waals surface area contributed by atoms with Crippen LogP contribution in [0.25, 0.3) is 34.2 Å². The van der Waals surface area contributed by atoms with Gasteiger partial charge >= 0.3 is 0 Å². The van der Waals surface area contributed by atoms with Crippen LogP contribution in [-0.2, 0) is 7.05 Å². The van der Waals surface area contributed by atoms with E-state index in [0.29, 0.717) is 28.2 Å². The van der Waals surface area contributed by atoms with Crippen molar-refractivity contribution in [1.29, 1.82) is 0 Å². The van der Waals surface area contributed by atoms with Crippen molar-refractivity contribution in [2.75, 3.05) is 5.32 Å². The van der Waals surface area contributed by atoms with E-state index in [9.17, 15) is 9.18 Å². The summed E-state index contributed by atoms with van der Waals surface area (Å²) in [5, 5.41) is 14.4. The highest BCUT2D eigenvalue weighted by molar-refractivity contribution is 6.08. The van der Waals surface area contributed by atoms with Crippen LogP contribution in [0.4, 0.5) is 10.1 Å². The summed E-state index contributed by atoms with van der Waals surface area (Å²) in [7, 11) is 1.74. The number of anilines is 1. The monoisotopic (exact) mass is 440 g/mol. The lowest BCUT2D eigenvalue weighted by atomic mass is 10.1. The molecule has 1 N–H and O–H groups in total. The minimum absolute atomic E-state index is 0.220. The first-order valence-corrected chi connectivity index (χ1v) is 10.0. The van der Waals surface area contributed by atoms with Crippen LogP contribution >= 0.6 is 0 Å². The second-order valence-corrected chi connectivity index (χ2v) is 7.22. The molecule has 5 rings (SSSR count). The molecule has 0 spiro atoms. The topological polar surface area (TPSA) is 98.7 Å². The SMILES string of the molecule is Cn1nnnc1-c1cccc(NC(=O)c2ccccc2-c2ncc(-c3ccccc3F)o2)c1. The van der Waals surface area contributed by atoms with Gasteiger partial charge in [0.05, 0.1) is 17.3 Å². The smallest absolute Gasteiger partial charge is 0.256 e. The molecule has 0 saturated carbocycles. The van der Waals surface area contributed by atoms with E-state index >= 15 is 0 Å². The Hall–Kier alpha value is -4.66. The van der Waals surface area contributed by atoms with Gasteiger partial charge in [-0.1, -0.05) is 36.4 Å². The second kappa shape index (κ2) is 8.46. The number of carbonyl (C=O) groups excluding carboxylic acids is 1. The highest BCUT2D eigenvalue weighted by Crippen LogP contribution is 2.30. The predicted molar refractivity (Wildman–Crippen MR) is 120 cm³/mol. The van der Waals surface area contributed by atoms with E-state index in [1.165, 1.54) is 12.3 Å². The van der Waals surface area contributed by atoms with Gasteiger partial charge in [0.15, 0.2) is 11.6 Å². The zero-order chi connectivity index (χ0) is 22.8. The summed E-state index contributed by atoms with van der Waals surface area (Å²) in [5.74, 6) is 0.321. The standard InChI is InChI=1S/C24H17FN6O2/c1-31-22(28-29-30-31)15-7-6-8-16(13-15)27-23(32)17-9-2-3-10-18(17)24-26-14-21(33-24)19-11-4-5-12-20(19)25/h2-14H,1H3,(H,27,32). The van der Waals surface area contributed by atoms with E-state index in [-0.39, 0.29) is 17.6 Å². The van der Waals surface area contributed by atoms with E-state index in [2.05, 4.69) is 25.8 Å². The highest BCUT2D eigenvalue weighted by Gasteiger charge is 2.18. The maximum absolute atomic E-state index is 14.1. The van der Waals surface area contributed by atoms with Crippen LogP contribution in [-0.4, -0.2) is 31.1 Å². The number of oxazole rings is 1. The molecular weight excluding hydrogens is 423 g/mol. The maximum atomic E-state index is 14.1. The van der Waals surface area contributed by atoms with Gasteiger partial charge in [-0.2, -0.15) is 0 Å². The van der Waals surface area contributed by atoms with E-state index < -0.39 is 5.82 Å². The van der Waals surface area contributed by atoms with Gasteiger partial charge < -0.3 is 9.73 Å². The number of benzene rings is 3. The van der Waals surface area contributed by atoms with Gasteiger partial charge in [-0.3, -0.25) is 4.79 Å². The van der Waals surface area contributed by atoms with Gasteiger partial charge in [-0.15, -0.1) is 5.10 Å². The van der Waals surface area contributed by atoms with E-state index in [0.717, 1.165) is 5.56 Å². The Morgan fingerprint density at radius 1 is 1.00 bits per heavy atom. The first-order valence-electron chi connectivity index (χ1n) is 10.0. The van der Waals surface area contributed by atoms with Crippen molar-refractivity contribution in [2.24, 2.45) is 7.05 Å². The summed E-state index contributed by atoms with van der Waals surface area (Å²) in [6.07, 6.45) is 1.45. The molecule has 0 fully saturated rings. The molecule has 5 aromatic rings. The van der Waals surface area contributed by atoms with Crippen molar-refractivity contribution >= 4 is 11.6 Å². The summed E-state index contributed by atoms with van der Waals surface area (Å²) in [5.41, 5.74) is 2.50. The molecule has 162 valence electrons. The molecule has 0 aliphatic heterocycles. The van der Waals surface area contributed by atoms with Gasteiger partial charge in [-0.25, -0.2) is 14.1 Å². The lowest BCUT2D eigenvalue weighted by Crippen LogP contribution is -2.13. The van der Waals surface area contributed by atoms with Gasteiger partial charge in [0.25, 0.3) is 5.91 Å². The molecular formula is C24H17FN6O2. The van der Waals surface area contributed by atoms with Gasteiger partial charge in [0.2, 0.25) is 5.89 Å². The van der Waals surface area contributed by atoms with Crippen LogP contribution < -0.4 is 5.32 Å². The molecule has 3 aromatic carbocycles. The number of tetrazole rings is 1. The quantitative estimate of drug-likeness (QED) is 0.429. The van der Waals surface area contributed by atoms with Crippen LogP contribution in [0.15, 0.2) is 83.4 Å². The number of nitrogens with zero attached hydrogens (tertiary/aromatic N) is 5. The van der Waals surface area contributed by atoms with Crippen LogP contribution in [0, 0.1) is 5.82 Å². The Labute approximate surface area is 187 Å². The van der Waals surface area contributed by atoms with Gasteiger partial charge in [-0.05, 0) is 46.8 Å². The Kier molecular flexibility index (Phi) is 5.19. The summed E-state index contributed by atoms with van der Waals surface area (Å²) < 4.78 is 21.5. The van der Waals surface area contributed by atoms with Crippen LogP contribution in [0.3, 0.4) is 0 Å². The third kappa shape index (κ3) is 3.99. The molecule has 0 aliphatic carbocycles. The molecule has 2 heterocycles. The average molecular weight is 440 g/mol. The van der Waals surface area contributed by atoms with Crippen LogP contribution in [0.5, 0.6) is 0 Å². The molecule has 0 aliphatic rings. The number of aromatic nitrogens is 5. The van der Waals surface area contributed by atoms with E-state index in [4.69, 9.17) is 4.42 Å². The summed E-state index contributed by atoms with van der Waals surface area (Å²) in [6.45, 7) is 0. The zero-order valence-electron chi connectivity index (χ0n) is 17.4. The third-order valence-corrected chi connectivity index (χ3v) is 5.05. The number of halogens is 1. The number of hydrogen-bond acceptors (Lipinski definition) is 6. The van der Waals surface area contributed by atoms with E-state index in [1.54, 1.807) is 72.4 Å². The van der Waals surface area contributed by atoms with Crippen molar-refractivity contribution in [3.05, 3.63) is 90.4 Å². The second-order valence-electron chi connectivity index (χ2n) is 7.22. The molecule has 0 saturated heterocycles.